The fourth-order valence-electron chi connectivity index (χ4n) is 2.16. The molecule has 0 aliphatic rings. The predicted octanol–water partition coefficient (Wildman–Crippen LogP) is -2.86. The number of nitrogens with two attached hydrogens (primary N) is 3. The Morgan fingerprint density at radius 3 is 2.11 bits per heavy atom. The first-order valence-electron chi connectivity index (χ1n) is 8.46. The summed E-state index contributed by atoms with van der Waals surface area (Å²) in [5.41, 5.74) is 15.9. The van der Waals surface area contributed by atoms with Crippen molar-refractivity contribution in [3.05, 3.63) is 0 Å². The lowest BCUT2D eigenvalue weighted by Gasteiger charge is -2.22. The minimum Gasteiger partial charge on any atom is -0.480 e. The summed E-state index contributed by atoms with van der Waals surface area (Å²) < 4.78 is 11.3. The minimum absolute atomic E-state index is 0.0130. The van der Waals surface area contributed by atoms with Crippen LogP contribution in [-0.4, -0.2) is 69.7 Å². The average molecular weight is 407 g/mol. The minimum atomic E-state index is -1.25. The number of carbonyl (C=O) groups is 4. The van der Waals surface area contributed by atoms with E-state index in [1.165, 1.54) is 6.26 Å². The Balaban J connectivity index is 5.04. The van der Waals surface area contributed by atoms with E-state index in [0.717, 1.165) is 0 Å². The lowest BCUT2D eigenvalue weighted by Crippen LogP contribution is -2.55. The molecule has 0 aromatic rings. The highest BCUT2D eigenvalue weighted by Crippen LogP contribution is 2.04. The van der Waals surface area contributed by atoms with Crippen LogP contribution in [0.25, 0.3) is 0 Å². The van der Waals surface area contributed by atoms with Gasteiger partial charge in [0.05, 0.1) is 12.5 Å². The van der Waals surface area contributed by atoms with Crippen LogP contribution in [0.2, 0.25) is 0 Å². The summed E-state index contributed by atoms with van der Waals surface area (Å²) in [4.78, 5) is 46.7. The van der Waals surface area contributed by atoms with Crippen LogP contribution in [0.3, 0.4) is 0 Å². The van der Waals surface area contributed by atoms with E-state index in [1.54, 1.807) is 0 Å². The van der Waals surface area contributed by atoms with E-state index in [0.29, 0.717) is 19.4 Å². The van der Waals surface area contributed by atoms with Gasteiger partial charge in [-0.1, -0.05) is 0 Å². The lowest BCUT2D eigenvalue weighted by atomic mass is 10.1. The number of carboxylic acid groups (broad SMARTS) is 1. The van der Waals surface area contributed by atoms with Gasteiger partial charge in [0.1, 0.15) is 12.1 Å². The third kappa shape index (κ3) is 11.3. The second kappa shape index (κ2) is 13.2. The van der Waals surface area contributed by atoms with Crippen molar-refractivity contribution in [3.63, 3.8) is 0 Å². The highest BCUT2D eigenvalue weighted by Gasteiger charge is 2.28. The fraction of sp³-hybridized carbons (Fsp3) is 0.733. The second-order valence-corrected chi connectivity index (χ2v) is 7.64. The van der Waals surface area contributed by atoms with Gasteiger partial charge in [-0.05, 0) is 32.2 Å². The molecule has 0 spiro atoms. The molecule has 0 bridgehead atoms. The van der Waals surface area contributed by atoms with Crippen molar-refractivity contribution in [2.45, 2.75) is 50.2 Å². The smallest absolute Gasteiger partial charge is 0.326 e. The molecule has 27 heavy (non-hydrogen) atoms. The topological polar surface area (TPSA) is 208 Å². The molecular weight excluding hydrogens is 378 g/mol. The van der Waals surface area contributed by atoms with Gasteiger partial charge in [0.25, 0.3) is 0 Å². The third-order valence-corrected chi connectivity index (χ3v) is 4.46. The maximum absolute atomic E-state index is 12.4. The summed E-state index contributed by atoms with van der Waals surface area (Å²) >= 11 is 0. The van der Waals surface area contributed by atoms with Crippen molar-refractivity contribution in [2.24, 2.45) is 17.2 Å². The number of nitrogens with one attached hydrogen (secondary N) is 2. The largest absolute Gasteiger partial charge is 0.480 e. The first-order chi connectivity index (χ1) is 12.6. The Kier molecular flexibility index (Phi) is 12.2. The summed E-state index contributed by atoms with van der Waals surface area (Å²) in [7, 11) is -1.23. The van der Waals surface area contributed by atoms with Crippen LogP contribution in [-0.2, 0) is 30.0 Å². The number of primary amides is 1. The lowest BCUT2D eigenvalue weighted by molar-refractivity contribution is -0.142. The normalized spacial score (nSPS) is 15.2. The van der Waals surface area contributed by atoms with Gasteiger partial charge < -0.3 is 32.9 Å². The summed E-state index contributed by atoms with van der Waals surface area (Å²) in [5, 5.41) is 14.0. The van der Waals surface area contributed by atoms with Gasteiger partial charge in [0, 0.05) is 22.8 Å². The monoisotopic (exact) mass is 407 g/mol. The van der Waals surface area contributed by atoms with Crippen molar-refractivity contribution >= 4 is 34.5 Å². The standard InChI is InChI=1S/C15H29N5O6S/c1-27(26)7-5-10(19-13(22)9(17)8-12(18)21)14(23)20-11(15(24)25)4-2-3-6-16/h9-11H,2-8,16-17H2,1H3,(H2,18,21)(H,19,22)(H,20,23)(H,24,25). The molecule has 4 atom stereocenters. The zero-order chi connectivity index (χ0) is 21.0. The van der Waals surface area contributed by atoms with Crippen LogP contribution < -0.4 is 27.8 Å². The van der Waals surface area contributed by atoms with Gasteiger partial charge in [-0.15, -0.1) is 0 Å². The summed E-state index contributed by atoms with van der Waals surface area (Å²) in [6, 6.07) is -3.53. The van der Waals surface area contributed by atoms with Crippen molar-refractivity contribution in [3.8, 4) is 0 Å². The Hall–Kier alpha value is -2.05. The molecule has 0 aliphatic carbocycles. The maximum Gasteiger partial charge on any atom is 0.326 e. The number of aliphatic carboxylic acids is 1. The summed E-state index contributed by atoms with van der Waals surface area (Å²) in [6.45, 7) is 0.402. The predicted molar refractivity (Wildman–Crippen MR) is 99.7 cm³/mol. The molecule has 9 N–H and O–H groups in total. The van der Waals surface area contributed by atoms with Crippen molar-refractivity contribution in [2.75, 3.05) is 18.6 Å². The number of hydrogen-bond acceptors (Lipinski definition) is 7. The van der Waals surface area contributed by atoms with Gasteiger partial charge in [-0.2, -0.15) is 0 Å². The Morgan fingerprint density at radius 1 is 1.04 bits per heavy atom. The molecule has 0 rings (SSSR count). The number of carboxylic acids is 1. The Labute approximate surface area is 160 Å². The van der Waals surface area contributed by atoms with Crippen LogP contribution in [0.15, 0.2) is 0 Å². The van der Waals surface area contributed by atoms with Gasteiger partial charge >= 0.3 is 5.97 Å². The van der Waals surface area contributed by atoms with E-state index in [9.17, 15) is 28.5 Å². The number of unbranched alkanes of at least 4 members (excludes halogenated alkanes) is 1. The number of rotatable bonds is 14. The molecule has 0 aromatic carbocycles. The first kappa shape index (κ1) is 24.9. The van der Waals surface area contributed by atoms with Gasteiger partial charge in [0.2, 0.25) is 17.7 Å². The molecule has 0 heterocycles. The zero-order valence-electron chi connectivity index (χ0n) is 15.3. The first-order valence-corrected chi connectivity index (χ1v) is 10.2. The molecule has 11 nitrogen and oxygen atoms in total. The van der Waals surface area contributed by atoms with Crippen molar-refractivity contribution in [1.82, 2.24) is 10.6 Å². The van der Waals surface area contributed by atoms with Gasteiger partial charge in [-0.3, -0.25) is 18.6 Å². The van der Waals surface area contributed by atoms with E-state index >= 15 is 0 Å². The van der Waals surface area contributed by atoms with E-state index in [2.05, 4.69) is 10.6 Å². The van der Waals surface area contributed by atoms with Gasteiger partial charge in [-0.25, -0.2) is 4.79 Å². The van der Waals surface area contributed by atoms with Crippen LogP contribution in [0, 0.1) is 0 Å². The molecule has 12 heteroatoms. The third-order valence-electron chi connectivity index (χ3n) is 3.65. The van der Waals surface area contributed by atoms with E-state index < -0.39 is 59.0 Å². The summed E-state index contributed by atoms with van der Waals surface area (Å²) in [5.74, 6) is -3.41. The average Bonchev–Trinajstić information content (AvgIpc) is 2.56. The summed E-state index contributed by atoms with van der Waals surface area (Å²) in [6.07, 6.45) is 2.34. The SMILES string of the molecule is CS(=O)CCC(NC(=O)C(N)CC(N)=O)C(=O)NC(CCCCN)C(=O)O. The van der Waals surface area contributed by atoms with Crippen LogP contribution in [0.5, 0.6) is 0 Å². The molecule has 0 radical (unpaired) electrons. The number of amides is 3. The molecule has 4 unspecified atom stereocenters. The van der Waals surface area contributed by atoms with Crippen LogP contribution in [0.4, 0.5) is 0 Å². The molecule has 0 saturated carbocycles. The van der Waals surface area contributed by atoms with Gasteiger partial charge in [0.15, 0.2) is 0 Å². The van der Waals surface area contributed by atoms with Crippen molar-refractivity contribution < 1.29 is 28.5 Å². The maximum atomic E-state index is 12.4. The van der Waals surface area contributed by atoms with E-state index in [-0.39, 0.29) is 18.6 Å². The zero-order valence-corrected chi connectivity index (χ0v) is 16.1. The second-order valence-electron chi connectivity index (χ2n) is 6.09. The van der Waals surface area contributed by atoms with Crippen LogP contribution >= 0.6 is 0 Å². The van der Waals surface area contributed by atoms with Crippen LogP contribution in [0.1, 0.15) is 32.1 Å². The fourth-order valence-corrected chi connectivity index (χ4v) is 2.73. The molecule has 156 valence electrons. The molecule has 0 saturated heterocycles. The highest BCUT2D eigenvalue weighted by molar-refractivity contribution is 7.84. The molecule has 3 amide bonds. The quantitative estimate of drug-likeness (QED) is 0.165. The molecule has 0 aromatic heterocycles. The van der Waals surface area contributed by atoms with E-state index in [1.807, 2.05) is 0 Å². The number of carbonyl (C=O) groups excluding carboxylic acids is 3. The molecular formula is C15H29N5O6S. The highest BCUT2D eigenvalue weighted by atomic mass is 32.2. The molecule has 0 fully saturated rings. The molecule has 0 aliphatic heterocycles. The van der Waals surface area contributed by atoms with Crippen molar-refractivity contribution in [1.29, 1.82) is 0 Å². The Bertz CT molecular complexity index is 559. The van der Waals surface area contributed by atoms with E-state index in [4.69, 9.17) is 17.2 Å². The Morgan fingerprint density at radius 2 is 1.63 bits per heavy atom. The number of hydrogen-bond donors (Lipinski definition) is 6.